The molecule has 0 fully saturated rings. The van der Waals surface area contributed by atoms with Gasteiger partial charge in [0.05, 0.1) is 0 Å². The van der Waals surface area contributed by atoms with E-state index in [2.05, 4.69) is 0 Å². The van der Waals surface area contributed by atoms with Gasteiger partial charge in [-0.05, 0) is 0 Å². The van der Waals surface area contributed by atoms with E-state index in [9.17, 15) is 10.1 Å². The summed E-state index contributed by atoms with van der Waals surface area (Å²) in [5.41, 5.74) is 2.03. The van der Waals surface area contributed by atoms with Crippen LogP contribution in [0.4, 0.5) is 0 Å². The summed E-state index contributed by atoms with van der Waals surface area (Å²) in [5.74, 6) is 0. The third kappa shape index (κ3) is 5.90. The molecule has 0 amide bonds. The van der Waals surface area contributed by atoms with Gasteiger partial charge >= 0.3 is 132 Å². The number of hydrogen-bond acceptors (Lipinski definition) is 3. The predicted molar refractivity (Wildman–Crippen MR) is 84.8 cm³/mol. The van der Waals surface area contributed by atoms with E-state index < -0.39 is 28.2 Å². The molecule has 0 unspecified atom stereocenters. The Kier molecular flexibility index (Phi) is 6.14. The minimum atomic E-state index is -3.07. The van der Waals surface area contributed by atoms with E-state index in [-0.39, 0.29) is 0 Å². The molecule has 0 atom stereocenters. The van der Waals surface area contributed by atoms with Gasteiger partial charge in [-0.15, -0.1) is 0 Å². The van der Waals surface area contributed by atoms with Crippen molar-refractivity contribution >= 4 is 35.3 Å². The monoisotopic (exact) mass is 473 g/mol. The fourth-order valence-electron chi connectivity index (χ4n) is 1.77. The average Bonchev–Trinajstić information content (AvgIpc) is 2.51. The first-order valence-electron chi connectivity index (χ1n) is 6.52. The van der Waals surface area contributed by atoms with Crippen LogP contribution in [0.15, 0.2) is 67.9 Å². The summed E-state index contributed by atoms with van der Waals surface area (Å²) in [6, 6.07) is 19.4. The van der Waals surface area contributed by atoms with Crippen molar-refractivity contribution in [2.24, 2.45) is 0 Å². The molecule has 4 nitrogen and oxygen atoms in total. The number of hydrogen-bond donors (Lipinski definition) is 0. The molecular weight excluding hydrogens is 459 g/mol. The van der Waals surface area contributed by atoms with Crippen molar-refractivity contribution in [3.8, 4) is 0 Å². The number of benzene rings is 2. The zero-order valence-electron chi connectivity index (χ0n) is 11.3. The minimum absolute atomic E-state index is 0.684. The van der Waals surface area contributed by atoms with E-state index in [4.69, 9.17) is 2.79 Å². The second-order valence-corrected chi connectivity index (χ2v) is 11.8. The van der Waals surface area contributed by atoms with Crippen molar-refractivity contribution in [1.29, 1.82) is 0 Å². The molecule has 0 saturated heterocycles. The number of nitrogens with zero attached hydrogens (tertiary/aromatic N) is 1. The van der Waals surface area contributed by atoms with Crippen LogP contribution < -0.4 is 0 Å². The SMILES string of the molecule is O=[N+]([O-])[O][Tl]([CH]=Cc1ccccc1)[CH]=Cc1ccccc1. The molecule has 0 bridgehead atoms. The molecule has 0 N–H and O–H groups in total. The maximum atomic E-state index is 10.6. The van der Waals surface area contributed by atoms with E-state index in [1.54, 1.807) is 0 Å². The standard InChI is InChI=1S/2C8H7.NO3.Tl/c2*1-2-8-6-4-3-5-7-8;2-1(3)4;/h2*1-7H;;/q;;-1;+1. The van der Waals surface area contributed by atoms with Gasteiger partial charge in [0.15, 0.2) is 0 Å². The molecule has 2 rings (SSSR count). The molecule has 2 aromatic rings. The van der Waals surface area contributed by atoms with Crippen molar-refractivity contribution in [2.45, 2.75) is 0 Å². The quantitative estimate of drug-likeness (QED) is 0.366. The molecular formula is C16H14NO3Tl. The Morgan fingerprint density at radius 1 is 0.857 bits per heavy atom. The van der Waals surface area contributed by atoms with Crippen molar-refractivity contribution in [1.82, 2.24) is 0 Å². The van der Waals surface area contributed by atoms with Gasteiger partial charge in [0.25, 0.3) is 0 Å². The zero-order valence-corrected chi connectivity index (χ0v) is 15.8. The first kappa shape index (κ1) is 15.4. The first-order valence-corrected chi connectivity index (χ1v) is 13.5. The average molecular weight is 473 g/mol. The van der Waals surface area contributed by atoms with E-state index in [0.717, 1.165) is 11.1 Å². The van der Waals surface area contributed by atoms with Crippen LogP contribution in [-0.4, -0.2) is 28.2 Å². The van der Waals surface area contributed by atoms with E-state index in [1.807, 2.05) is 80.1 Å². The fraction of sp³-hybridized carbons (Fsp3) is 0. The molecule has 21 heavy (non-hydrogen) atoms. The maximum absolute atomic E-state index is 10.6. The Hall–Kier alpha value is -1.96. The second kappa shape index (κ2) is 8.36. The van der Waals surface area contributed by atoms with Gasteiger partial charge in [-0.1, -0.05) is 0 Å². The summed E-state index contributed by atoms with van der Waals surface area (Å²) in [6.45, 7) is 0. The van der Waals surface area contributed by atoms with Gasteiger partial charge < -0.3 is 0 Å². The summed E-state index contributed by atoms with van der Waals surface area (Å²) < 4.78 is 8.61. The molecule has 0 aliphatic rings. The molecule has 2 aromatic carbocycles. The molecule has 0 saturated carbocycles. The topological polar surface area (TPSA) is 52.4 Å². The molecule has 104 valence electrons. The normalized spacial score (nSPS) is 10.9. The molecule has 0 heterocycles. The van der Waals surface area contributed by atoms with Gasteiger partial charge in [-0.3, -0.25) is 0 Å². The van der Waals surface area contributed by atoms with Crippen LogP contribution in [0.1, 0.15) is 11.1 Å². The first-order chi connectivity index (χ1) is 10.2. The van der Waals surface area contributed by atoms with Gasteiger partial charge in [0.1, 0.15) is 0 Å². The number of rotatable bonds is 6. The Morgan fingerprint density at radius 3 is 1.67 bits per heavy atom. The molecule has 0 aliphatic carbocycles. The van der Waals surface area contributed by atoms with Crippen molar-refractivity contribution in [3.63, 3.8) is 0 Å². The van der Waals surface area contributed by atoms with Crippen LogP contribution in [-0.2, 0) is 2.79 Å². The van der Waals surface area contributed by atoms with Crippen LogP contribution >= 0.6 is 0 Å². The molecule has 0 radical (unpaired) electrons. The summed E-state index contributed by atoms with van der Waals surface area (Å²) in [7, 11) is 0. The van der Waals surface area contributed by atoms with E-state index in [0.29, 0.717) is 0 Å². The van der Waals surface area contributed by atoms with Gasteiger partial charge in [-0.2, -0.15) is 0 Å². The zero-order chi connectivity index (χ0) is 14.9. The van der Waals surface area contributed by atoms with Gasteiger partial charge in [0.2, 0.25) is 0 Å². The third-order valence-electron chi connectivity index (χ3n) is 2.76. The van der Waals surface area contributed by atoms with E-state index in [1.165, 1.54) is 0 Å². The van der Waals surface area contributed by atoms with Crippen molar-refractivity contribution in [3.05, 3.63) is 89.2 Å². The van der Waals surface area contributed by atoms with Crippen molar-refractivity contribution in [2.75, 3.05) is 0 Å². The second-order valence-electron chi connectivity index (χ2n) is 4.33. The molecule has 0 spiro atoms. The molecule has 0 aliphatic heterocycles. The summed E-state index contributed by atoms with van der Waals surface area (Å²) >= 11 is -3.07. The molecule has 0 aromatic heterocycles. The Balaban J connectivity index is 2.09. The third-order valence-corrected chi connectivity index (χ3v) is 8.82. The Morgan fingerprint density at radius 2 is 1.29 bits per heavy atom. The van der Waals surface area contributed by atoms with Gasteiger partial charge in [0, 0.05) is 0 Å². The van der Waals surface area contributed by atoms with Crippen LogP contribution in [0.25, 0.3) is 12.2 Å². The van der Waals surface area contributed by atoms with Crippen LogP contribution in [0.3, 0.4) is 0 Å². The van der Waals surface area contributed by atoms with Gasteiger partial charge in [-0.25, -0.2) is 0 Å². The summed E-state index contributed by atoms with van der Waals surface area (Å²) in [4.78, 5) is 10.6. The van der Waals surface area contributed by atoms with Crippen LogP contribution in [0, 0.1) is 10.1 Å². The summed E-state index contributed by atoms with van der Waals surface area (Å²) in [5, 5.41) is 9.92. The van der Waals surface area contributed by atoms with E-state index >= 15 is 0 Å². The fourth-order valence-corrected chi connectivity index (χ4v) is 6.79. The van der Waals surface area contributed by atoms with Crippen LogP contribution in [0.5, 0.6) is 0 Å². The van der Waals surface area contributed by atoms with Crippen molar-refractivity contribution < 1.29 is 7.87 Å². The summed E-state index contributed by atoms with van der Waals surface area (Å²) in [6.07, 6.45) is 3.79. The Labute approximate surface area is 132 Å². The molecule has 5 heteroatoms. The Bertz CT molecular complexity index is 577. The van der Waals surface area contributed by atoms with Crippen LogP contribution in [0.2, 0.25) is 0 Å². The predicted octanol–water partition coefficient (Wildman–Crippen LogP) is 3.69.